The van der Waals surface area contributed by atoms with E-state index in [4.69, 9.17) is 5.11 Å². The van der Waals surface area contributed by atoms with Gasteiger partial charge in [0.2, 0.25) is 0 Å². The third kappa shape index (κ3) is 3.74. The molecule has 2 nitrogen and oxygen atoms in total. The molecule has 2 heteroatoms. The monoisotopic (exact) mass is 232 g/mol. The molecule has 0 aliphatic carbocycles. The van der Waals surface area contributed by atoms with Crippen LogP contribution < -0.4 is 0 Å². The Morgan fingerprint density at radius 2 is 1.76 bits per heavy atom. The lowest BCUT2D eigenvalue weighted by Crippen LogP contribution is -2.10. The minimum atomic E-state index is -0.840. The molecule has 17 heavy (non-hydrogen) atoms. The summed E-state index contributed by atoms with van der Waals surface area (Å²) in [5.41, 5.74) is 2.76. The summed E-state index contributed by atoms with van der Waals surface area (Å²) in [7, 11) is 0. The molecular weight excluding hydrogens is 212 g/mol. The molecule has 92 valence electrons. The van der Waals surface area contributed by atoms with Gasteiger partial charge in [-0.05, 0) is 29.0 Å². The van der Waals surface area contributed by atoms with Crippen molar-refractivity contribution < 1.29 is 9.90 Å². The Kier molecular flexibility index (Phi) is 4.11. The fourth-order valence-electron chi connectivity index (χ4n) is 1.60. The molecule has 0 saturated heterocycles. The van der Waals surface area contributed by atoms with Crippen molar-refractivity contribution >= 4 is 12.0 Å². The van der Waals surface area contributed by atoms with Gasteiger partial charge in [-0.15, -0.1) is 0 Å². The van der Waals surface area contributed by atoms with Crippen molar-refractivity contribution in [1.29, 1.82) is 0 Å². The number of aliphatic carboxylic acids is 1. The van der Waals surface area contributed by atoms with Gasteiger partial charge in [0.15, 0.2) is 0 Å². The molecule has 0 aliphatic heterocycles. The number of carboxylic acid groups (broad SMARTS) is 1. The van der Waals surface area contributed by atoms with Crippen LogP contribution in [0.1, 0.15) is 45.2 Å². The molecule has 0 amide bonds. The van der Waals surface area contributed by atoms with E-state index in [2.05, 4.69) is 32.9 Å². The van der Waals surface area contributed by atoms with E-state index < -0.39 is 5.97 Å². The zero-order valence-corrected chi connectivity index (χ0v) is 10.9. The summed E-state index contributed by atoms with van der Waals surface area (Å²) in [4.78, 5) is 10.9. The first-order valence-electron chi connectivity index (χ1n) is 5.89. The molecule has 0 fully saturated rings. The number of benzene rings is 1. The van der Waals surface area contributed by atoms with E-state index in [1.165, 1.54) is 5.56 Å². The summed E-state index contributed by atoms with van der Waals surface area (Å²) in [5.74, 6) is -0.840. The third-order valence-corrected chi connectivity index (χ3v) is 2.77. The molecule has 0 radical (unpaired) electrons. The number of carbonyl (C=O) groups is 1. The highest BCUT2D eigenvalue weighted by Gasteiger charge is 2.12. The fourth-order valence-corrected chi connectivity index (χ4v) is 1.60. The molecule has 0 aliphatic rings. The van der Waals surface area contributed by atoms with Gasteiger partial charge in [-0.1, -0.05) is 52.0 Å². The normalized spacial score (nSPS) is 12.6. The summed E-state index contributed by atoms with van der Waals surface area (Å²) < 4.78 is 0. The van der Waals surface area contributed by atoms with Crippen LogP contribution >= 0.6 is 0 Å². The molecule has 0 heterocycles. The Morgan fingerprint density at radius 3 is 2.12 bits per heavy atom. The molecule has 0 spiro atoms. The van der Waals surface area contributed by atoms with Gasteiger partial charge in [0, 0.05) is 5.57 Å². The van der Waals surface area contributed by atoms with Crippen molar-refractivity contribution in [3.63, 3.8) is 0 Å². The molecule has 1 rings (SSSR count). The van der Waals surface area contributed by atoms with Crippen LogP contribution in [0.4, 0.5) is 0 Å². The van der Waals surface area contributed by atoms with E-state index in [-0.39, 0.29) is 5.41 Å². The van der Waals surface area contributed by atoms with Crippen LogP contribution in [0.15, 0.2) is 29.8 Å². The second-order valence-electron chi connectivity index (χ2n) is 5.20. The van der Waals surface area contributed by atoms with Gasteiger partial charge in [-0.25, -0.2) is 4.79 Å². The predicted molar refractivity (Wildman–Crippen MR) is 71.0 cm³/mol. The molecule has 0 saturated carbocycles. The fraction of sp³-hybridized carbons (Fsp3) is 0.400. The zero-order chi connectivity index (χ0) is 13.1. The highest BCUT2D eigenvalue weighted by Crippen LogP contribution is 2.22. The zero-order valence-electron chi connectivity index (χ0n) is 10.9. The van der Waals surface area contributed by atoms with Gasteiger partial charge in [0.1, 0.15) is 0 Å². The first-order chi connectivity index (χ1) is 7.84. The smallest absolute Gasteiger partial charge is 0.331 e. The molecular formula is C15H20O2. The largest absolute Gasteiger partial charge is 0.478 e. The molecule has 0 aromatic heterocycles. The van der Waals surface area contributed by atoms with Crippen molar-refractivity contribution in [2.24, 2.45) is 0 Å². The second-order valence-corrected chi connectivity index (χ2v) is 5.20. The first-order valence-corrected chi connectivity index (χ1v) is 5.89. The predicted octanol–water partition coefficient (Wildman–Crippen LogP) is 3.86. The van der Waals surface area contributed by atoms with E-state index in [0.29, 0.717) is 12.0 Å². The molecule has 1 aromatic carbocycles. The van der Waals surface area contributed by atoms with Crippen LogP contribution in [0.2, 0.25) is 0 Å². The van der Waals surface area contributed by atoms with E-state index >= 15 is 0 Å². The van der Waals surface area contributed by atoms with Crippen molar-refractivity contribution in [2.45, 2.75) is 39.5 Å². The first kappa shape index (κ1) is 13.5. The van der Waals surface area contributed by atoms with E-state index in [0.717, 1.165) is 5.56 Å². The number of hydrogen-bond acceptors (Lipinski definition) is 1. The average molecular weight is 232 g/mol. The number of hydrogen-bond donors (Lipinski definition) is 1. The maximum absolute atomic E-state index is 10.9. The molecule has 1 aromatic rings. The minimum absolute atomic E-state index is 0.128. The Balaban J connectivity index is 3.00. The maximum Gasteiger partial charge on any atom is 0.331 e. The highest BCUT2D eigenvalue weighted by molar-refractivity contribution is 5.92. The molecule has 0 unspecified atom stereocenters. The summed E-state index contributed by atoms with van der Waals surface area (Å²) in [5, 5.41) is 8.95. The second kappa shape index (κ2) is 5.17. The van der Waals surface area contributed by atoms with Crippen LogP contribution in [0.3, 0.4) is 0 Å². The van der Waals surface area contributed by atoms with Crippen LogP contribution in [0, 0.1) is 0 Å². The maximum atomic E-state index is 10.9. The van der Waals surface area contributed by atoms with Gasteiger partial charge in [-0.2, -0.15) is 0 Å². The van der Waals surface area contributed by atoms with E-state index in [1.54, 1.807) is 6.08 Å². The Labute approximate surface area is 103 Å². The highest BCUT2D eigenvalue weighted by atomic mass is 16.4. The summed E-state index contributed by atoms with van der Waals surface area (Å²) in [6.07, 6.45) is 2.27. The minimum Gasteiger partial charge on any atom is -0.478 e. The van der Waals surface area contributed by atoms with Gasteiger partial charge in [-0.3, -0.25) is 0 Å². The number of rotatable bonds is 3. The Morgan fingerprint density at radius 1 is 1.24 bits per heavy atom. The number of carboxylic acids is 1. The Hall–Kier alpha value is -1.57. The standard InChI is InChI=1S/C15H20O2/c1-5-12(14(16)17)10-11-6-8-13(9-7-11)15(2,3)4/h6-10H,5H2,1-4H3,(H,16,17)/b12-10+. The molecule has 1 N–H and O–H groups in total. The topological polar surface area (TPSA) is 37.3 Å². The van der Waals surface area contributed by atoms with Gasteiger partial charge < -0.3 is 5.11 Å². The summed E-state index contributed by atoms with van der Waals surface area (Å²) >= 11 is 0. The van der Waals surface area contributed by atoms with Gasteiger partial charge in [0.05, 0.1) is 0 Å². The van der Waals surface area contributed by atoms with E-state index in [1.807, 2.05) is 19.1 Å². The van der Waals surface area contributed by atoms with Crippen molar-refractivity contribution in [2.75, 3.05) is 0 Å². The summed E-state index contributed by atoms with van der Waals surface area (Å²) in [6.45, 7) is 8.33. The van der Waals surface area contributed by atoms with Crippen LogP contribution in [0.5, 0.6) is 0 Å². The lowest BCUT2D eigenvalue weighted by Gasteiger charge is -2.18. The average Bonchev–Trinajstić information content (AvgIpc) is 2.25. The third-order valence-electron chi connectivity index (χ3n) is 2.77. The quantitative estimate of drug-likeness (QED) is 0.803. The van der Waals surface area contributed by atoms with Crippen molar-refractivity contribution in [3.05, 3.63) is 41.0 Å². The SMILES string of the molecule is CC/C(=C\c1ccc(C(C)(C)C)cc1)C(=O)O. The van der Waals surface area contributed by atoms with Crippen molar-refractivity contribution in [1.82, 2.24) is 0 Å². The van der Waals surface area contributed by atoms with Crippen LogP contribution in [0.25, 0.3) is 6.08 Å². The lowest BCUT2D eigenvalue weighted by molar-refractivity contribution is -0.132. The van der Waals surface area contributed by atoms with E-state index in [9.17, 15) is 4.79 Å². The molecule has 0 atom stereocenters. The van der Waals surface area contributed by atoms with Crippen LogP contribution in [-0.4, -0.2) is 11.1 Å². The van der Waals surface area contributed by atoms with Crippen LogP contribution in [-0.2, 0) is 10.2 Å². The lowest BCUT2D eigenvalue weighted by atomic mass is 9.86. The summed E-state index contributed by atoms with van der Waals surface area (Å²) in [6, 6.07) is 8.06. The van der Waals surface area contributed by atoms with Gasteiger partial charge in [0.25, 0.3) is 0 Å². The van der Waals surface area contributed by atoms with Crippen molar-refractivity contribution in [3.8, 4) is 0 Å². The Bertz CT molecular complexity index is 419. The molecule has 0 bridgehead atoms. The van der Waals surface area contributed by atoms with Gasteiger partial charge >= 0.3 is 5.97 Å².